The highest BCUT2D eigenvalue weighted by atomic mass is 16.4. The lowest BCUT2D eigenvalue weighted by atomic mass is 9.84. The largest absolute Gasteiger partial charge is 0.481 e. The van der Waals surface area contributed by atoms with Gasteiger partial charge in [0, 0.05) is 6.42 Å². The van der Waals surface area contributed by atoms with Crippen LogP contribution in [0.5, 0.6) is 0 Å². The molecule has 1 aliphatic heterocycles. The SMILES string of the molecule is C[C@@H]1CNCC[C@H]1CCC(=O)O. The molecule has 70 valence electrons. The maximum absolute atomic E-state index is 10.3. The number of hydrogen-bond acceptors (Lipinski definition) is 2. The van der Waals surface area contributed by atoms with E-state index in [2.05, 4.69) is 12.2 Å². The minimum absolute atomic E-state index is 0.328. The Balaban J connectivity index is 2.24. The minimum atomic E-state index is -0.666. The standard InChI is InChI=1S/C9H17NO2/c1-7-6-10-5-4-8(7)2-3-9(11)12/h7-8,10H,2-6H2,1H3,(H,11,12)/t7-,8-/m1/s1. The predicted molar refractivity (Wildman–Crippen MR) is 47.0 cm³/mol. The van der Waals surface area contributed by atoms with E-state index in [1.807, 2.05) is 0 Å². The van der Waals surface area contributed by atoms with Gasteiger partial charge in [-0.3, -0.25) is 4.79 Å². The fourth-order valence-electron chi connectivity index (χ4n) is 1.81. The molecule has 0 aromatic rings. The highest BCUT2D eigenvalue weighted by molar-refractivity contribution is 5.66. The van der Waals surface area contributed by atoms with Gasteiger partial charge >= 0.3 is 5.97 Å². The fraction of sp³-hybridized carbons (Fsp3) is 0.889. The van der Waals surface area contributed by atoms with E-state index < -0.39 is 5.97 Å². The molecule has 1 saturated heterocycles. The van der Waals surface area contributed by atoms with E-state index in [1.165, 1.54) is 0 Å². The van der Waals surface area contributed by atoms with E-state index in [1.54, 1.807) is 0 Å². The zero-order valence-electron chi connectivity index (χ0n) is 7.55. The smallest absolute Gasteiger partial charge is 0.303 e. The van der Waals surface area contributed by atoms with Crippen molar-refractivity contribution in [3.05, 3.63) is 0 Å². The molecule has 3 heteroatoms. The molecule has 12 heavy (non-hydrogen) atoms. The summed E-state index contributed by atoms with van der Waals surface area (Å²) in [6, 6.07) is 0. The molecule has 0 saturated carbocycles. The molecule has 0 aromatic heterocycles. The summed E-state index contributed by atoms with van der Waals surface area (Å²) in [4.78, 5) is 10.3. The molecular weight excluding hydrogens is 154 g/mol. The van der Waals surface area contributed by atoms with Gasteiger partial charge in [-0.25, -0.2) is 0 Å². The Bertz CT molecular complexity index is 159. The van der Waals surface area contributed by atoms with Crippen molar-refractivity contribution in [2.45, 2.75) is 26.2 Å². The van der Waals surface area contributed by atoms with Crippen molar-refractivity contribution in [1.29, 1.82) is 0 Å². The van der Waals surface area contributed by atoms with E-state index in [0.717, 1.165) is 25.9 Å². The third kappa shape index (κ3) is 2.81. The van der Waals surface area contributed by atoms with E-state index in [0.29, 0.717) is 18.3 Å². The van der Waals surface area contributed by atoms with Gasteiger partial charge in [-0.15, -0.1) is 0 Å². The quantitative estimate of drug-likeness (QED) is 0.668. The van der Waals surface area contributed by atoms with Crippen LogP contribution in [0.1, 0.15) is 26.2 Å². The van der Waals surface area contributed by atoms with Gasteiger partial charge in [-0.2, -0.15) is 0 Å². The summed E-state index contributed by atoms with van der Waals surface area (Å²) < 4.78 is 0. The molecule has 1 rings (SSSR count). The van der Waals surface area contributed by atoms with Crippen LogP contribution < -0.4 is 5.32 Å². The zero-order chi connectivity index (χ0) is 8.97. The third-order valence-electron chi connectivity index (χ3n) is 2.69. The number of hydrogen-bond donors (Lipinski definition) is 2. The van der Waals surface area contributed by atoms with Crippen LogP contribution in [0.15, 0.2) is 0 Å². The molecule has 0 spiro atoms. The molecule has 0 aliphatic carbocycles. The molecule has 3 nitrogen and oxygen atoms in total. The summed E-state index contributed by atoms with van der Waals surface area (Å²) >= 11 is 0. The molecule has 1 fully saturated rings. The van der Waals surface area contributed by atoms with Crippen molar-refractivity contribution in [3.8, 4) is 0 Å². The summed E-state index contributed by atoms with van der Waals surface area (Å²) in [5, 5.41) is 11.8. The lowest BCUT2D eigenvalue weighted by Gasteiger charge is -2.28. The number of carboxylic acid groups (broad SMARTS) is 1. The zero-order valence-corrected chi connectivity index (χ0v) is 7.55. The monoisotopic (exact) mass is 171 g/mol. The summed E-state index contributed by atoms with van der Waals surface area (Å²) in [6.07, 6.45) is 2.31. The molecular formula is C9H17NO2. The number of aliphatic carboxylic acids is 1. The molecule has 0 radical (unpaired) electrons. The molecule has 1 heterocycles. The number of piperidine rings is 1. The van der Waals surface area contributed by atoms with Crippen molar-refractivity contribution in [2.24, 2.45) is 11.8 Å². The summed E-state index contributed by atoms with van der Waals surface area (Å²) in [5.74, 6) is 0.584. The number of carboxylic acids is 1. The van der Waals surface area contributed by atoms with Crippen LogP contribution >= 0.6 is 0 Å². The predicted octanol–water partition coefficient (Wildman–Crippen LogP) is 1.10. The topological polar surface area (TPSA) is 49.3 Å². The molecule has 0 bridgehead atoms. The first kappa shape index (κ1) is 9.52. The van der Waals surface area contributed by atoms with E-state index >= 15 is 0 Å². The van der Waals surface area contributed by atoms with Gasteiger partial charge in [0.25, 0.3) is 0 Å². The van der Waals surface area contributed by atoms with Crippen LogP contribution in [0.2, 0.25) is 0 Å². The second-order valence-electron chi connectivity index (χ2n) is 3.66. The van der Waals surface area contributed by atoms with Gasteiger partial charge < -0.3 is 10.4 Å². The number of nitrogens with one attached hydrogen (secondary N) is 1. The van der Waals surface area contributed by atoms with Gasteiger partial charge in [0.15, 0.2) is 0 Å². The Morgan fingerprint density at radius 2 is 2.42 bits per heavy atom. The molecule has 0 amide bonds. The maximum atomic E-state index is 10.3. The molecule has 0 unspecified atom stereocenters. The van der Waals surface area contributed by atoms with Crippen LogP contribution in [-0.2, 0) is 4.79 Å². The van der Waals surface area contributed by atoms with Gasteiger partial charge in [-0.1, -0.05) is 6.92 Å². The first-order chi connectivity index (χ1) is 5.70. The Kier molecular flexibility index (Phi) is 3.53. The van der Waals surface area contributed by atoms with Crippen molar-refractivity contribution in [3.63, 3.8) is 0 Å². The van der Waals surface area contributed by atoms with Crippen LogP contribution in [-0.4, -0.2) is 24.2 Å². The Labute approximate surface area is 73.2 Å². The second kappa shape index (κ2) is 4.45. The molecule has 2 atom stereocenters. The van der Waals surface area contributed by atoms with Crippen molar-refractivity contribution in [1.82, 2.24) is 5.32 Å². The fourth-order valence-corrected chi connectivity index (χ4v) is 1.81. The average Bonchev–Trinajstić information content (AvgIpc) is 2.03. The van der Waals surface area contributed by atoms with Crippen LogP contribution in [0, 0.1) is 11.8 Å². The highest BCUT2D eigenvalue weighted by Gasteiger charge is 2.21. The Morgan fingerprint density at radius 3 is 3.00 bits per heavy atom. The second-order valence-corrected chi connectivity index (χ2v) is 3.66. The highest BCUT2D eigenvalue weighted by Crippen LogP contribution is 2.23. The van der Waals surface area contributed by atoms with Gasteiger partial charge in [-0.05, 0) is 37.8 Å². The van der Waals surface area contributed by atoms with Crippen LogP contribution in [0.3, 0.4) is 0 Å². The number of rotatable bonds is 3. The number of carbonyl (C=O) groups is 1. The van der Waals surface area contributed by atoms with Gasteiger partial charge in [0.1, 0.15) is 0 Å². The Morgan fingerprint density at radius 1 is 1.67 bits per heavy atom. The van der Waals surface area contributed by atoms with Crippen LogP contribution in [0.4, 0.5) is 0 Å². The van der Waals surface area contributed by atoms with E-state index in [-0.39, 0.29) is 0 Å². The van der Waals surface area contributed by atoms with Crippen LogP contribution in [0.25, 0.3) is 0 Å². The molecule has 2 N–H and O–H groups in total. The van der Waals surface area contributed by atoms with E-state index in [9.17, 15) is 4.79 Å². The van der Waals surface area contributed by atoms with E-state index in [4.69, 9.17) is 5.11 Å². The normalized spacial score (nSPS) is 30.1. The third-order valence-corrected chi connectivity index (χ3v) is 2.69. The molecule has 1 aliphatic rings. The summed E-state index contributed by atoms with van der Waals surface area (Å²) in [7, 11) is 0. The lowest BCUT2D eigenvalue weighted by Crippen LogP contribution is -2.35. The average molecular weight is 171 g/mol. The summed E-state index contributed by atoms with van der Waals surface area (Å²) in [5.41, 5.74) is 0. The van der Waals surface area contributed by atoms with Gasteiger partial charge in [0.05, 0.1) is 0 Å². The van der Waals surface area contributed by atoms with Crippen molar-refractivity contribution in [2.75, 3.05) is 13.1 Å². The maximum Gasteiger partial charge on any atom is 0.303 e. The minimum Gasteiger partial charge on any atom is -0.481 e. The summed E-state index contributed by atoms with van der Waals surface area (Å²) in [6.45, 7) is 4.29. The van der Waals surface area contributed by atoms with Crippen molar-refractivity contribution >= 4 is 5.97 Å². The first-order valence-corrected chi connectivity index (χ1v) is 4.62. The van der Waals surface area contributed by atoms with Gasteiger partial charge in [0.2, 0.25) is 0 Å². The first-order valence-electron chi connectivity index (χ1n) is 4.62. The lowest BCUT2D eigenvalue weighted by molar-refractivity contribution is -0.137. The Hall–Kier alpha value is -0.570. The molecule has 0 aromatic carbocycles. The van der Waals surface area contributed by atoms with Crippen molar-refractivity contribution < 1.29 is 9.90 Å².